The van der Waals surface area contributed by atoms with E-state index in [0.717, 1.165) is 0 Å². The third-order valence-electron chi connectivity index (χ3n) is 6.64. The van der Waals surface area contributed by atoms with Gasteiger partial charge >= 0.3 is 0 Å². The van der Waals surface area contributed by atoms with E-state index in [1.165, 1.54) is 4.90 Å². The number of hydrogen-bond donors (Lipinski definition) is 4. The molecule has 184 valence electrons. The molecule has 5 amide bonds. The summed E-state index contributed by atoms with van der Waals surface area (Å²) in [5.74, 6) is -2.25. The van der Waals surface area contributed by atoms with Gasteiger partial charge in [-0.2, -0.15) is 0 Å². The smallest absolute Gasteiger partial charge is 0.246 e. The van der Waals surface area contributed by atoms with Gasteiger partial charge in [0.1, 0.15) is 24.2 Å². The van der Waals surface area contributed by atoms with Gasteiger partial charge in [0.05, 0.1) is 6.42 Å². The lowest BCUT2D eigenvalue weighted by Crippen LogP contribution is -2.58. The van der Waals surface area contributed by atoms with Crippen LogP contribution in [0.3, 0.4) is 0 Å². The molecule has 0 radical (unpaired) electrons. The third-order valence-corrected chi connectivity index (χ3v) is 6.64. The Morgan fingerprint density at radius 2 is 1.70 bits per heavy atom. The van der Waals surface area contributed by atoms with Gasteiger partial charge in [0.25, 0.3) is 0 Å². The lowest BCUT2D eigenvalue weighted by atomic mass is 10.0. The first-order chi connectivity index (χ1) is 15.7. The number of fused-ring (bicyclic) bond motifs is 2. The summed E-state index contributed by atoms with van der Waals surface area (Å²) in [5.41, 5.74) is 5.48. The fourth-order valence-corrected chi connectivity index (χ4v) is 4.80. The van der Waals surface area contributed by atoms with Gasteiger partial charge in [0.15, 0.2) is 0 Å². The van der Waals surface area contributed by atoms with Crippen molar-refractivity contribution in [3.05, 3.63) is 0 Å². The number of carbonyl (C=O) groups excluding carboxylic acids is 5. The molecule has 11 nitrogen and oxygen atoms in total. The van der Waals surface area contributed by atoms with E-state index in [-0.39, 0.29) is 30.1 Å². The van der Waals surface area contributed by atoms with Crippen molar-refractivity contribution >= 4 is 29.5 Å². The van der Waals surface area contributed by atoms with Gasteiger partial charge < -0.3 is 31.5 Å². The predicted octanol–water partition coefficient (Wildman–Crippen LogP) is -1.54. The molecule has 0 aromatic carbocycles. The molecule has 3 aliphatic rings. The minimum atomic E-state index is -1.11. The molecule has 3 heterocycles. The van der Waals surface area contributed by atoms with E-state index in [2.05, 4.69) is 16.0 Å². The van der Waals surface area contributed by atoms with Crippen LogP contribution in [0, 0.1) is 5.92 Å². The van der Waals surface area contributed by atoms with E-state index in [1.54, 1.807) is 18.7 Å². The lowest BCUT2D eigenvalue weighted by molar-refractivity contribution is -0.147. The van der Waals surface area contributed by atoms with Crippen molar-refractivity contribution in [3.8, 4) is 0 Å². The van der Waals surface area contributed by atoms with Gasteiger partial charge in [0, 0.05) is 19.6 Å². The summed E-state index contributed by atoms with van der Waals surface area (Å²) in [7, 11) is 0. The molecule has 5 N–H and O–H groups in total. The van der Waals surface area contributed by atoms with E-state index in [9.17, 15) is 24.0 Å². The molecule has 0 bridgehead atoms. The molecule has 0 aromatic heterocycles. The van der Waals surface area contributed by atoms with Crippen LogP contribution in [-0.2, 0) is 24.0 Å². The van der Waals surface area contributed by atoms with Gasteiger partial charge in [-0.15, -0.1) is 0 Å². The summed E-state index contributed by atoms with van der Waals surface area (Å²) >= 11 is 0. The molecule has 0 spiro atoms. The number of amides is 5. The van der Waals surface area contributed by atoms with Crippen molar-refractivity contribution in [2.24, 2.45) is 11.7 Å². The van der Waals surface area contributed by atoms with E-state index in [4.69, 9.17) is 5.73 Å². The summed E-state index contributed by atoms with van der Waals surface area (Å²) in [6.07, 6.45) is 2.69. The molecule has 0 saturated carbocycles. The molecule has 11 heteroatoms. The average molecular weight is 465 g/mol. The highest BCUT2D eigenvalue weighted by molar-refractivity contribution is 5.98. The molecular formula is C22H36N6O5. The number of carbonyl (C=O) groups is 5. The highest BCUT2D eigenvalue weighted by Gasteiger charge is 2.44. The van der Waals surface area contributed by atoms with E-state index >= 15 is 0 Å². The largest absolute Gasteiger partial charge is 0.354 e. The molecule has 3 saturated heterocycles. The van der Waals surface area contributed by atoms with Crippen molar-refractivity contribution in [2.75, 3.05) is 26.2 Å². The fraction of sp³-hybridized carbons (Fsp3) is 0.773. The quantitative estimate of drug-likeness (QED) is 0.362. The highest BCUT2D eigenvalue weighted by atomic mass is 16.2. The number of nitrogens with two attached hydrogens (primary N) is 1. The van der Waals surface area contributed by atoms with Crippen LogP contribution in [0.25, 0.3) is 0 Å². The standard InChI is InChI=1S/C22H36N6O5/c1-13(2)18-21(32)25-14(19(30)24-9-5-8-23)12-17(29)27-10-4-7-16(27)22(33)28-11-3-6-15(28)20(31)26-18/h13-16,18H,3-12,23H2,1-2H3,(H,24,30)(H,25,32)(H,26,31)/t14-,15-,16+,18-/m0/s1. The number of nitrogens with zero attached hydrogens (tertiary/aromatic N) is 2. The Hall–Kier alpha value is -2.69. The second kappa shape index (κ2) is 11.0. The van der Waals surface area contributed by atoms with Crippen LogP contribution in [0.5, 0.6) is 0 Å². The maximum absolute atomic E-state index is 13.3. The number of hydrogen-bond acceptors (Lipinski definition) is 6. The van der Waals surface area contributed by atoms with Crippen LogP contribution in [0.2, 0.25) is 0 Å². The van der Waals surface area contributed by atoms with Crippen molar-refractivity contribution in [3.63, 3.8) is 0 Å². The molecule has 33 heavy (non-hydrogen) atoms. The SMILES string of the molecule is CC(C)[C@@H]1NC(=O)[C@@H]2CCCN2C(=O)[C@H]2CCCN2C(=O)C[C@@H](C(=O)NCCCN)NC1=O. The summed E-state index contributed by atoms with van der Waals surface area (Å²) in [6, 6.07) is -3.33. The molecule has 4 atom stereocenters. The average Bonchev–Trinajstić information content (AvgIpc) is 3.45. The summed E-state index contributed by atoms with van der Waals surface area (Å²) < 4.78 is 0. The van der Waals surface area contributed by atoms with Crippen molar-refractivity contribution in [2.45, 2.75) is 76.5 Å². The minimum absolute atomic E-state index is 0.234. The predicted molar refractivity (Wildman–Crippen MR) is 119 cm³/mol. The summed E-state index contributed by atoms with van der Waals surface area (Å²) in [5, 5.41) is 8.17. The molecule has 3 rings (SSSR count). The van der Waals surface area contributed by atoms with Crippen molar-refractivity contribution in [1.82, 2.24) is 25.8 Å². The first-order valence-corrected chi connectivity index (χ1v) is 11.9. The second-order valence-electron chi connectivity index (χ2n) is 9.36. The van der Waals surface area contributed by atoms with Crippen molar-refractivity contribution in [1.29, 1.82) is 0 Å². The first kappa shape index (κ1) is 24.9. The molecule has 3 aliphatic heterocycles. The topological polar surface area (TPSA) is 154 Å². The van der Waals surface area contributed by atoms with Gasteiger partial charge in [-0.05, 0) is 44.6 Å². The van der Waals surface area contributed by atoms with Crippen LogP contribution >= 0.6 is 0 Å². The number of nitrogens with one attached hydrogen (secondary N) is 3. The fourth-order valence-electron chi connectivity index (χ4n) is 4.80. The van der Waals surface area contributed by atoms with Crippen LogP contribution < -0.4 is 21.7 Å². The Kier molecular flexibility index (Phi) is 8.28. The summed E-state index contributed by atoms with van der Waals surface area (Å²) in [4.78, 5) is 68.6. The maximum atomic E-state index is 13.3. The number of rotatable bonds is 5. The van der Waals surface area contributed by atoms with E-state index < -0.39 is 36.0 Å². The third kappa shape index (κ3) is 5.63. The molecule has 0 aliphatic carbocycles. The Bertz CT molecular complexity index is 777. The van der Waals surface area contributed by atoms with Crippen LogP contribution in [-0.4, -0.2) is 89.7 Å². The summed E-state index contributed by atoms with van der Waals surface area (Å²) in [6.45, 7) is 5.15. The monoisotopic (exact) mass is 464 g/mol. The van der Waals surface area contributed by atoms with Crippen LogP contribution in [0.15, 0.2) is 0 Å². The van der Waals surface area contributed by atoms with E-state index in [1.807, 2.05) is 0 Å². The first-order valence-electron chi connectivity index (χ1n) is 11.9. The molecule has 0 aromatic rings. The van der Waals surface area contributed by atoms with E-state index in [0.29, 0.717) is 58.3 Å². The Morgan fingerprint density at radius 3 is 2.36 bits per heavy atom. The lowest BCUT2D eigenvalue weighted by Gasteiger charge is -2.31. The highest BCUT2D eigenvalue weighted by Crippen LogP contribution is 2.26. The van der Waals surface area contributed by atoms with Crippen LogP contribution in [0.4, 0.5) is 0 Å². The Morgan fingerprint density at radius 1 is 1.03 bits per heavy atom. The zero-order valence-electron chi connectivity index (χ0n) is 19.5. The van der Waals surface area contributed by atoms with Crippen molar-refractivity contribution < 1.29 is 24.0 Å². The van der Waals surface area contributed by atoms with Gasteiger partial charge in [-0.3, -0.25) is 24.0 Å². The molecule has 0 unspecified atom stereocenters. The zero-order chi connectivity index (χ0) is 24.1. The normalized spacial score (nSPS) is 29.0. The Balaban J connectivity index is 1.92. The molecular weight excluding hydrogens is 428 g/mol. The van der Waals surface area contributed by atoms with Gasteiger partial charge in [-0.1, -0.05) is 13.8 Å². The minimum Gasteiger partial charge on any atom is -0.354 e. The second-order valence-corrected chi connectivity index (χ2v) is 9.36. The maximum Gasteiger partial charge on any atom is 0.246 e. The zero-order valence-corrected chi connectivity index (χ0v) is 19.5. The van der Waals surface area contributed by atoms with Gasteiger partial charge in [-0.25, -0.2) is 0 Å². The van der Waals surface area contributed by atoms with Crippen LogP contribution in [0.1, 0.15) is 52.4 Å². The van der Waals surface area contributed by atoms with Gasteiger partial charge in [0.2, 0.25) is 29.5 Å². The Labute approximate surface area is 194 Å². The molecule has 3 fully saturated rings.